The number of rotatable bonds is 2. The maximum Gasteiger partial charge on any atom is 0.0384 e. The second-order valence-electron chi connectivity index (χ2n) is 9.78. The fraction of sp³-hybridized carbons (Fsp3) is 0.188. The van der Waals surface area contributed by atoms with Gasteiger partial charge in [0.05, 0.1) is 0 Å². The van der Waals surface area contributed by atoms with E-state index in [4.69, 9.17) is 0 Å². The largest absolute Gasteiger partial charge is 0.135 e. The Balaban J connectivity index is 1.30. The quantitative estimate of drug-likeness (QED) is 0.239. The molecule has 0 aliphatic heterocycles. The first kappa shape index (κ1) is 20.4. The summed E-state index contributed by atoms with van der Waals surface area (Å²) in [5.41, 5.74) is 14.6. The molecule has 0 atom stereocenters. The van der Waals surface area contributed by atoms with E-state index in [-0.39, 0.29) is 0 Å². The summed E-state index contributed by atoms with van der Waals surface area (Å²) in [6.07, 6.45) is 4.66. The highest BCUT2D eigenvalue weighted by molar-refractivity contribution is 7.19. The van der Waals surface area contributed by atoms with Crippen LogP contribution in [0.4, 0.5) is 0 Å². The topological polar surface area (TPSA) is 0 Å². The van der Waals surface area contributed by atoms with Gasteiger partial charge in [0.15, 0.2) is 0 Å². The fourth-order valence-corrected chi connectivity index (χ4v) is 8.15. The molecule has 2 aliphatic rings. The monoisotopic (exact) mass is 474 g/mol. The number of hydrogen-bond acceptors (Lipinski definition) is 2. The molecular weight excluding hydrogens is 448 g/mol. The summed E-state index contributed by atoms with van der Waals surface area (Å²) in [6, 6.07) is 27.7. The van der Waals surface area contributed by atoms with Crippen molar-refractivity contribution < 1.29 is 0 Å². The van der Waals surface area contributed by atoms with E-state index in [1.807, 2.05) is 22.7 Å². The lowest BCUT2D eigenvalue weighted by molar-refractivity contribution is 0.881. The van der Waals surface area contributed by atoms with Crippen LogP contribution in [0.5, 0.6) is 0 Å². The summed E-state index contributed by atoms with van der Waals surface area (Å²) < 4.78 is 0. The Labute approximate surface area is 209 Å². The van der Waals surface area contributed by atoms with E-state index in [9.17, 15) is 0 Å². The molecule has 166 valence electrons. The Hall–Kier alpha value is -2.94. The third-order valence-corrected chi connectivity index (χ3v) is 10.0. The molecule has 2 heteroatoms. The molecule has 5 aromatic rings. The van der Waals surface area contributed by atoms with Crippen LogP contribution >= 0.6 is 22.7 Å². The third-order valence-electron chi connectivity index (χ3n) is 7.50. The second kappa shape index (κ2) is 7.80. The molecule has 0 unspecified atom stereocenters. The van der Waals surface area contributed by atoms with Crippen LogP contribution in [0, 0.1) is 13.8 Å². The van der Waals surface area contributed by atoms with Gasteiger partial charge in [0, 0.05) is 19.5 Å². The zero-order valence-electron chi connectivity index (χ0n) is 19.6. The first-order valence-corrected chi connectivity index (χ1v) is 13.8. The average molecular weight is 475 g/mol. The van der Waals surface area contributed by atoms with Gasteiger partial charge >= 0.3 is 0 Å². The van der Waals surface area contributed by atoms with Crippen molar-refractivity contribution in [1.29, 1.82) is 0 Å². The van der Waals surface area contributed by atoms with E-state index in [0.717, 1.165) is 12.8 Å². The van der Waals surface area contributed by atoms with Crippen LogP contribution in [0.25, 0.3) is 41.8 Å². The molecule has 0 bridgehead atoms. The highest BCUT2D eigenvalue weighted by atomic mass is 32.1. The van der Waals surface area contributed by atoms with E-state index >= 15 is 0 Å². The van der Waals surface area contributed by atoms with Crippen LogP contribution in [-0.4, -0.2) is 0 Å². The van der Waals surface area contributed by atoms with Gasteiger partial charge in [-0.3, -0.25) is 0 Å². The molecular formula is C32H26S2. The van der Waals surface area contributed by atoms with Gasteiger partial charge in [0.2, 0.25) is 0 Å². The van der Waals surface area contributed by atoms with Gasteiger partial charge in [-0.2, -0.15) is 0 Å². The van der Waals surface area contributed by atoms with Crippen LogP contribution in [0.3, 0.4) is 0 Å². The minimum Gasteiger partial charge on any atom is -0.135 e. The molecule has 7 rings (SSSR count). The Bertz CT molecular complexity index is 1420. The molecule has 0 nitrogen and oxygen atoms in total. The smallest absolute Gasteiger partial charge is 0.0384 e. The van der Waals surface area contributed by atoms with Crippen LogP contribution in [-0.2, 0) is 25.7 Å². The molecule has 3 aromatic carbocycles. The summed E-state index contributed by atoms with van der Waals surface area (Å²) >= 11 is 3.96. The zero-order valence-corrected chi connectivity index (χ0v) is 21.2. The highest BCUT2D eigenvalue weighted by Crippen LogP contribution is 2.49. The number of hydrogen-bond donors (Lipinski definition) is 0. The molecule has 0 spiro atoms. The number of thiophene rings is 2. The molecule has 0 saturated carbocycles. The van der Waals surface area contributed by atoms with Crippen molar-refractivity contribution in [1.82, 2.24) is 0 Å². The van der Waals surface area contributed by atoms with Crippen LogP contribution < -0.4 is 0 Å². The standard InChI is InChI=1S/C32H26S2/c1-19-3-7-21(8-4-19)29-17-23-11-13-25-26-14-12-24-18-30(22-9-5-20(2)6-10-22)34-32(24)28(26)16-15-27(25)31(23)33-29/h3-10,15-18H,11-14H2,1-2H3. The van der Waals surface area contributed by atoms with Crippen LogP contribution in [0.1, 0.15) is 33.4 Å². The van der Waals surface area contributed by atoms with Crippen molar-refractivity contribution in [2.24, 2.45) is 0 Å². The van der Waals surface area contributed by atoms with Gasteiger partial charge in [0.25, 0.3) is 0 Å². The van der Waals surface area contributed by atoms with E-state index in [1.54, 1.807) is 11.1 Å². The van der Waals surface area contributed by atoms with Gasteiger partial charge in [-0.1, -0.05) is 71.8 Å². The molecule has 2 heterocycles. The molecule has 0 N–H and O–H groups in total. The van der Waals surface area contributed by atoms with Gasteiger partial charge in [-0.25, -0.2) is 0 Å². The summed E-state index contributed by atoms with van der Waals surface area (Å²) in [5.74, 6) is 0. The Kier molecular flexibility index (Phi) is 4.69. The fourth-order valence-electron chi connectivity index (χ4n) is 5.61. The SMILES string of the molecule is Cc1ccc(-c2cc3c(s2)-c2ccc4c(c2CC3)CCc2cc(-c3ccc(C)cc3)sc2-4)cc1. The summed E-state index contributed by atoms with van der Waals surface area (Å²) in [4.78, 5) is 5.80. The maximum absolute atomic E-state index is 2.44. The summed E-state index contributed by atoms with van der Waals surface area (Å²) in [5, 5.41) is 0. The van der Waals surface area contributed by atoms with Crippen molar-refractivity contribution in [3.8, 4) is 41.8 Å². The van der Waals surface area contributed by atoms with Gasteiger partial charge < -0.3 is 0 Å². The molecule has 2 aliphatic carbocycles. The normalized spacial score (nSPS) is 13.7. The molecule has 0 amide bonds. The lowest BCUT2D eigenvalue weighted by atomic mass is 9.81. The minimum absolute atomic E-state index is 1.16. The highest BCUT2D eigenvalue weighted by Gasteiger charge is 2.27. The molecule has 0 radical (unpaired) electrons. The lowest BCUT2D eigenvalue weighted by Gasteiger charge is -2.25. The number of benzene rings is 3. The Morgan fingerprint density at radius 2 is 0.912 bits per heavy atom. The van der Waals surface area contributed by atoms with Gasteiger partial charge in [-0.15, -0.1) is 22.7 Å². The van der Waals surface area contributed by atoms with E-state index in [2.05, 4.69) is 86.6 Å². The van der Waals surface area contributed by atoms with E-state index in [0.29, 0.717) is 0 Å². The predicted molar refractivity (Wildman–Crippen MR) is 148 cm³/mol. The number of fused-ring (bicyclic) bond motifs is 7. The predicted octanol–water partition coefficient (Wildman–Crippen LogP) is 9.29. The summed E-state index contributed by atoms with van der Waals surface area (Å²) in [7, 11) is 0. The van der Waals surface area contributed by atoms with Crippen LogP contribution in [0.15, 0.2) is 72.8 Å². The molecule has 34 heavy (non-hydrogen) atoms. The minimum atomic E-state index is 1.16. The summed E-state index contributed by atoms with van der Waals surface area (Å²) in [6.45, 7) is 4.32. The molecule has 0 fully saturated rings. The first-order chi connectivity index (χ1) is 16.6. The van der Waals surface area contributed by atoms with Gasteiger partial charge in [-0.05, 0) is 96.2 Å². The van der Waals surface area contributed by atoms with Crippen molar-refractivity contribution >= 4 is 22.7 Å². The molecule has 0 saturated heterocycles. The van der Waals surface area contributed by atoms with Gasteiger partial charge in [0.1, 0.15) is 0 Å². The van der Waals surface area contributed by atoms with Crippen molar-refractivity contribution in [3.05, 3.63) is 106 Å². The molecule has 2 aromatic heterocycles. The van der Waals surface area contributed by atoms with Crippen molar-refractivity contribution in [2.75, 3.05) is 0 Å². The second-order valence-corrected chi connectivity index (χ2v) is 11.9. The Morgan fingerprint density at radius 3 is 1.32 bits per heavy atom. The maximum atomic E-state index is 2.44. The Morgan fingerprint density at radius 1 is 0.500 bits per heavy atom. The zero-order chi connectivity index (χ0) is 22.8. The number of aryl methyl sites for hydroxylation is 4. The van der Waals surface area contributed by atoms with E-state index < -0.39 is 0 Å². The lowest BCUT2D eigenvalue weighted by Crippen LogP contribution is -2.10. The third kappa shape index (κ3) is 3.24. The van der Waals surface area contributed by atoms with Crippen molar-refractivity contribution in [3.63, 3.8) is 0 Å². The van der Waals surface area contributed by atoms with Crippen molar-refractivity contribution in [2.45, 2.75) is 39.5 Å². The first-order valence-electron chi connectivity index (χ1n) is 12.2. The van der Waals surface area contributed by atoms with E-state index in [1.165, 1.54) is 76.9 Å². The average Bonchev–Trinajstić information content (AvgIpc) is 3.49. The van der Waals surface area contributed by atoms with Crippen LogP contribution in [0.2, 0.25) is 0 Å².